The molecule has 0 saturated heterocycles. The highest BCUT2D eigenvalue weighted by atomic mass is 32.2. The van der Waals surface area contributed by atoms with Crippen LogP contribution in [-0.4, -0.2) is 41.3 Å². The van der Waals surface area contributed by atoms with Gasteiger partial charge in [-0.2, -0.15) is 11.8 Å². The van der Waals surface area contributed by atoms with Crippen molar-refractivity contribution in [1.82, 2.24) is 0 Å². The molecule has 0 aromatic carbocycles. The van der Waals surface area contributed by atoms with Gasteiger partial charge in [0.05, 0.1) is 5.38 Å². The molecule has 0 aliphatic carbocycles. The van der Waals surface area contributed by atoms with Gasteiger partial charge >= 0.3 is 8.80 Å². The number of thioether (sulfide) groups is 1. The van der Waals surface area contributed by atoms with E-state index in [1.165, 1.54) is 6.42 Å². The van der Waals surface area contributed by atoms with E-state index in [2.05, 4.69) is 6.92 Å². The standard InChI is InChI=1S/C7H18O3SSi/c1-5-6-11-7-12(8-2,9-3)10-4/h5-7H2,1-4H3. The Kier molecular flexibility index (Phi) is 7.17. The van der Waals surface area contributed by atoms with Gasteiger partial charge in [0.15, 0.2) is 0 Å². The minimum Gasteiger partial charge on any atom is -0.376 e. The van der Waals surface area contributed by atoms with E-state index < -0.39 is 8.80 Å². The number of hydrogen-bond donors (Lipinski definition) is 0. The summed E-state index contributed by atoms with van der Waals surface area (Å²) in [5.74, 6) is 1.13. The van der Waals surface area contributed by atoms with Crippen LogP contribution in [0.1, 0.15) is 13.3 Å². The molecule has 0 fully saturated rings. The molecule has 0 saturated carbocycles. The largest absolute Gasteiger partial charge is 0.510 e. The third-order valence-corrected chi connectivity index (χ3v) is 6.35. The van der Waals surface area contributed by atoms with Crippen LogP contribution in [0.2, 0.25) is 0 Å². The Bertz CT molecular complexity index is 101. The van der Waals surface area contributed by atoms with Crippen molar-refractivity contribution < 1.29 is 13.3 Å². The lowest BCUT2D eigenvalue weighted by molar-refractivity contribution is 0.130. The second-order valence-electron chi connectivity index (χ2n) is 2.35. The van der Waals surface area contributed by atoms with Crippen LogP contribution in [0.5, 0.6) is 0 Å². The molecule has 0 aromatic heterocycles. The molecular formula is C7H18O3SSi. The van der Waals surface area contributed by atoms with Crippen molar-refractivity contribution in [1.29, 1.82) is 0 Å². The van der Waals surface area contributed by atoms with Gasteiger partial charge in [0.1, 0.15) is 0 Å². The van der Waals surface area contributed by atoms with Crippen LogP contribution < -0.4 is 0 Å². The summed E-state index contributed by atoms with van der Waals surface area (Å²) in [7, 11) is 2.64. The predicted molar refractivity (Wildman–Crippen MR) is 54.4 cm³/mol. The minimum absolute atomic E-state index is 0.838. The van der Waals surface area contributed by atoms with E-state index in [1.807, 2.05) is 11.8 Å². The quantitative estimate of drug-likeness (QED) is 0.471. The molecule has 0 aliphatic rings. The summed E-state index contributed by atoms with van der Waals surface area (Å²) in [4.78, 5) is 0. The Morgan fingerprint density at radius 1 is 1.08 bits per heavy atom. The molecule has 74 valence electrons. The third kappa shape index (κ3) is 3.91. The zero-order valence-electron chi connectivity index (χ0n) is 8.25. The lowest BCUT2D eigenvalue weighted by atomic mass is 10.6. The number of rotatable bonds is 7. The molecule has 0 bridgehead atoms. The van der Waals surface area contributed by atoms with Crippen molar-refractivity contribution in [2.45, 2.75) is 13.3 Å². The molecule has 5 heteroatoms. The van der Waals surface area contributed by atoms with Gasteiger partial charge in [-0.3, -0.25) is 0 Å². The second-order valence-corrected chi connectivity index (χ2v) is 6.91. The Hall–Kier alpha value is 0.447. The van der Waals surface area contributed by atoms with Crippen LogP contribution in [0.25, 0.3) is 0 Å². The Morgan fingerprint density at radius 3 is 1.92 bits per heavy atom. The Balaban J connectivity index is 3.76. The molecule has 0 radical (unpaired) electrons. The molecule has 0 unspecified atom stereocenters. The maximum atomic E-state index is 5.26. The highest BCUT2D eigenvalue weighted by Crippen LogP contribution is 2.14. The Morgan fingerprint density at radius 2 is 1.58 bits per heavy atom. The summed E-state index contributed by atoms with van der Waals surface area (Å²) in [6.07, 6.45) is 1.17. The zero-order valence-corrected chi connectivity index (χ0v) is 10.1. The topological polar surface area (TPSA) is 27.7 Å². The molecule has 0 aromatic rings. The van der Waals surface area contributed by atoms with Crippen LogP contribution >= 0.6 is 11.8 Å². The van der Waals surface area contributed by atoms with Crippen LogP contribution in [0, 0.1) is 0 Å². The van der Waals surface area contributed by atoms with E-state index in [1.54, 1.807) is 21.3 Å². The van der Waals surface area contributed by atoms with Crippen molar-refractivity contribution in [3.8, 4) is 0 Å². The number of hydrogen-bond acceptors (Lipinski definition) is 4. The van der Waals surface area contributed by atoms with Gasteiger partial charge in [-0.25, -0.2) is 0 Å². The molecule has 0 heterocycles. The van der Waals surface area contributed by atoms with Gasteiger partial charge in [0.25, 0.3) is 0 Å². The molecule has 12 heavy (non-hydrogen) atoms. The average molecular weight is 210 g/mol. The van der Waals surface area contributed by atoms with Crippen molar-refractivity contribution >= 4 is 20.6 Å². The molecule has 0 rings (SSSR count). The van der Waals surface area contributed by atoms with Crippen LogP contribution in [-0.2, 0) is 13.3 Å². The first-order chi connectivity index (χ1) is 5.74. The fourth-order valence-electron chi connectivity index (χ4n) is 0.768. The van der Waals surface area contributed by atoms with E-state index in [0.717, 1.165) is 11.1 Å². The first kappa shape index (κ1) is 12.4. The van der Waals surface area contributed by atoms with Gasteiger partial charge in [-0.1, -0.05) is 6.92 Å². The van der Waals surface area contributed by atoms with Crippen molar-refractivity contribution in [2.75, 3.05) is 32.5 Å². The monoisotopic (exact) mass is 210 g/mol. The van der Waals surface area contributed by atoms with Crippen LogP contribution in [0.3, 0.4) is 0 Å². The van der Waals surface area contributed by atoms with Crippen LogP contribution in [0.15, 0.2) is 0 Å². The maximum Gasteiger partial charge on any atom is 0.510 e. The van der Waals surface area contributed by atoms with E-state index in [4.69, 9.17) is 13.3 Å². The lowest BCUT2D eigenvalue weighted by Gasteiger charge is -2.23. The summed E-state index contributed by atoms with van der Waals surface area (Å²) in [5, 5.41) is 0.838. The molecular weight excluding hydrogens is 192 g/mol. The normalized spacial score (nSPS) is 12.0. The molecule has 0 amide bonds. The van der Waals surface area contributed by atoms with E-state index in [9.17, 15) is 0 Å². The summed E-state index contributed by atoms with van der Waals surface area (Å²) in [6, 6.07) is 0. The molecule has 0 atom stereocenters. The summed E-state index contributed by atoms with van der Waals surface area (Å²) in [5.41, 5.74) is 0. The zero-order chi connectivity index (χ0) is 9.45. The lowest BCUT2D eigenvalue weighted by Crippen LogP contribution is -2.46. The van der Waals surface area contributed by atoms with Crippen molar-refractivity contribution in [2.24, 2.45) is 0 Å². The highest BCUT2D eigenvalue weighted by Gasteiger charge is 2.37. The summed E-state index contributed by atoms with van der Waals surface area (Å²) in [6.45, 7) is 2.16. The third-order valence-electron chi connectivity index (χ3n) is 1.56. The maximum absolute atomic E-state index is 5.26. The Labute approximate surface area is 80.1 Å². The molecule has 0 N–H and O–H groups in total. The van der Waals surface area contributed by atoms with Gasteiger partial charge in [-0.15, -0.1) is 0 Å². The van der Waals surface area contributed by atoms with Gasteiger partial charge < -0.3 is 13.3 Å². The average Bonchev–Trinajstić information content (AvgIpc) is 2.14. The highest BCUT2D eigenvalue weighted by molar-refractivity contribution is 8.00. The van der Waals surface area contributed by atoms with Crippen molar-refractivity contribution in [3.63, 3.8) is 0 Å². The van der Waals surface area contributed by atoms with E-state index in [0.29, 0.717) is 0 Å². The van der Waals surface area contributed by atoms with Gasteiger partial charge in [0, 0.05) is 21.3 Å². The first-order valence-corrected chi connectivity index (χ1v) is 7.06. The fourth-order valence-corrected chi connectivity index (χ4v) is 4.55. The van der Waals surface area contributed by atoms with Gasteiger partial charge in [-0.05, 0) is 12.2 Å². The smallest absolute Gasteiger partial charge is 0.376 e. The molecule has 0 spiro atoms. The van der Waals surface area contributed by atoms with E-state index in [-0.39, 0.29) is 0 Å². The summed E-state index contributed by atoms with van der Waals surface area (Å²) >= 11 is 1.82. The predicted octanol–water partition coefficient (Wildman–Crippen LogP) is 1.55. The molecule has 3 nitrogen and oxygen atoms in total. The van der Waals surface area contributed by atoms with Crippen LogP contribution in [0.4, 0.5) is 0 Å². The minimum atomic E-state index is -2.29. The van der Waals surface area contributed by atoms with E-state index >= 15 is 0 Å². The first-order valence-electron chi connectivity index (χ1n) is 3.98. The fraction of sp³-hybridized carbons (Fsp3) is 1.00. The second kappa shape index (κ2) is 6.91. The van der Waals surface area contributed by atoms with Crippen molar-refractivity contribution in [3.05, 3.63) is 0 Å². The molecule has 0 aliphatic heterocycles. The SMILES string of the molecule is CCCSC[Si](OC)(OC)OC. The van der Waals surface area contributed by atoms with Gasteiger partial charge in [0.2, 0.25) is 0 Å². The summed E-state index contributed by atoms with van der Waals surface area (Å²) < 4.78 is 15.8.